The van der Waals surface area contributed by atoms with Crippen molar-refractivity contribution in [1.29, 1.82) is 5.41 Å². The Bertz CT molecular complexity index is 1110. The predicted octanol–water partition coefficient (Wildman–Crippen LogP) is 3.22. The summed E-state index contributed by atoms with van der Waals surface area (Å²) in [5.74, 6) is 1.15. The number of nitrogens with one attached hydrogen (secondary N) is 3. The molecule has 0 unspecified atom stereocenters. The van der Waals surface area contributed by atoms with Gasteiger partial charge in [0.1, 0.15) is 5.75 Å². The molecule has 1 amide bonds. The largest absolute Gasteiger partial charge is 0.496 e. The van der Waals surface area contributed by atoms with E-state index in [2.05, 4.69) is 20.7 Å². The van der Waals surface area contributed by atoms with Crippen LogP contribution in [0.4, 0.5) is 17.3 Å². The molecule has 156 valence electrons. The minimum Gasteiger partial charge on any atom is -0.496 e. The molecule has 3 aromatic rings. The number of aryl methyl sites for hydroxylation is 1. The maximum atomic E-state index is 12.1. The number of nitrogen functional groups attached to an aromatic ring is 1. The standard InChI is InChI=1S/C20H22ClN7O2/c1-4-24-19(29)11-5-6-12(16(9-11)30-3)18-26-20(28(2)27-18)25-15-8-7-14(23)13(10-22)17(15)21/h5-10,22H,4,23H2,1-3H3,(H,24,29)(H,25,26,27). The molecular weight excluding hydrogens is 406 g/mol. The van der Waals surface area contributed by atoms with Crippen molar-refractivity contribution in [2.45, 2.75) is 6.92 Å². The van der Waals surface area contributed by atoms with Gasteiger partial charge in [-0.15, -0.1) is 5.10 Å². The van der Waals surface area contributed by atoms with E-state index in [9.17, 15) is 4.79 Å². The van der Waals surface area contributed by atoms with Crippen LogP contribution in [-0.2, 0) is 7.05 Å². The van der Waals surface area contributed by atoms with Gasteiger partial charge in [0.15, 0.2) is 5.82 Å². The zero-order chi connectivity index (χ0) is 21.8. The molecule has 0 spiro atoms. The molecule has 2 aromatic carbocycles. The van der Waals surface area contributed by atoms with Crippen molar-refractivity contribution in [3.05, 3.63) is 46.5 Å². The van der Waals surface area contributed by atoms with Crippen LogP contribution in [0.5, 0.6) is 5.75 Å². The average Bonchev–Trinajstić information content (AvgIpc) is 3.10. The van der Waals surface area contributed by atoms with Crippen molar-refractivity contribution < 1.29 is 9.53 Å². The molecule has 3 rings (SSSR count). The van der Waals surface area contributed by atoms with Gasteiger partial charge in [-0.05, 0) is 37.3 Å². The van der Waals surface area contributed by atoms with Crippen LogP contribution in [0.1, 0.15) is 22.8 Å². The molecule has 10 heteroatoms. The molecule has 0 aliphatic carbocycles. The van der Waals surface area contributed by atoms with Crippen molar-refractivity contribution in [2.24, 2.45) is 7.05 Å². The van der Waals surface area contributed by atoms with Crippen LogP contribution in [0.15, 0.2) is 30.3 Å². The van der Waals surface area contributed by atoms with E-state index in [1.807, 2.05) is 6.92 Å². The first-order valence-electron chi connectivity index (χ1n) is 9.12. The Morgan fingerprint density at radius 3 is 2.80 bits per heavy atom. The fraction of sp³-hybridized carbons (Fsp3) is 0.200. The van der Waals surface area contributed by atoms with Gasteiger partial charge in [-0.2, -0.15) is 4.98 Å². The SMILES string of the molecule is CCNC(=O)c1ccc(-c2nc(Nc3ccc(N)c(C=N)c3Cl)n(C)n2)c(OC)c1. The summed E-state index contributed by atoms with van der Waals surface area (Å²) in [5.41, 5.74) is 8.35. The summed E-state index contributed by atoms with van der Waals surface area (Å²) in [7, 11) is 3.26. The molecule has 0 bridgehead atoms. The first-order valence-corrected chi connectivity index (χ1v) is 9.50. The molecule has 1 heterocycles. The third-order valence-corrected chi connectivity index (χ3v) is 4.82. The molecule has 0 aliphatic rings. The van der Waals surface area contributed by atoms with Gasteiger partial charge >= 0.3 is 0 Å². The highest BCUT2D eigenvalue weighted by Crippen LogP contribution is 2.33. The minimum absolute atomic E-state index is 0.182. The fourth-order valence-electron chi connectivity index (χ4n) is 2.86. The summed E-state index contributed by atoms with van der Waals surface area (Å²) >= 11 is 6.35. The van der Waals surface area contributed by atoms with Gasteiger partial charge in [0.2, 0.25) is 5.95 Å². The lowest BCUT2D eigenvalue weighted by Gasteiger charge is -2.10. The van der Waals surface area contributed by atoms with Gasteiger partial charge in [0, 0.05) is 36.6 Å². The zero-order valence-corrected chi connectivity index (χ0v) is 17.5. The van der Waals surface area contributed by atoms with Crippen molar-refractivity contribution in [3.63, 3.8) is 0 Å². The Morgan fingerprint density at radius 1 is 1.37 bits per heavy atom. The van der Waals surface area contributed by atoms with E-state index in [0.29, 0.717) is 57.2 Å². The van der Waals surface area contributed by atoms with Gasteiger partial charge in [0.05, 0.1) is 23.4 Å². The molecule has 0 radical (unpaired) electrons. The number of hydrogen-bond acceptors (Lipinski definition) is 7. The number of carbonyl (C=O) groups excluding carboxylic acids is 1. The molecule has 0 saturated carbocycles. The van der Waals surface area contributed by atoms with Crippen LogP contribution in [-0.4, -0.2) is 40.5 Å². The van der Waals surface area contributed by atoms with E-state index in [0.717, 1.165) is 6.21 Å². The molecule has 0 aliphatic heterocycles. The van der Waals surface area contributed by atoms with E-state index < -0.39 is 0 Å². The van der Waals surface area contributed by atoms with Crippen LogP contribution in [0, 0.1) is 5.41 Å². The number of ether oxygens (including phenoxy) is 1. The number of hydrogen-bond donors (Lipinski definition) is 4. The lowest BCUT2D eigenvalue weighted by molar-refractivity contribution is 0.0955. The number of methoxy groups -OCH3 is 1. The number of nitrogens with zero attached hydrogens (tertiary/aromatic N) is 3. The summed E-state index contributed by atoms with van der Waals surface area (Å²) in [5, 5.41) is 18.1. The highest BCUT2D eigenvalue weighted by molar-refractivity contribution is 6.36. The molecule has 5 N–H and O–H groups in total. The molecule has 0 saturated heterocycles. The monoisotopic (exact) mass is 427 g/mol. The Kier molecular flexibility index (Phi) is 6.22. The summed E-state index contributed by atoms with van der Waals surface area (Å²) in [4.78, 5) is 16.6. The predicted molar refractivity (Wildman–Crippen MR) is 118 cm³/mol. The summed E-state index contributed by atoms with van der Waals surface area (Å²) < 4.78 is 7.01. The van der Waals surface area contributed by atoms with E-state index in [1.54, 1.807) is 42.1 Å². The second-order valence-electron chi connectivity index (χ2n) is 6.36. The van der Waals surface area contributed by atoms with E-state index >= 15 is 0 Å². The van der Waals surface area contributed by atoms with Gasteiger partial charge in [-0.3, -0.25) is 4.79 Å². The molecule has 1 aromatic heterocycles. The highest BCUT2D eigenvalue weighted by atomic mass is 35.5. The van der Waals surface area contributed by atoms with Crippen LogP contribution in [0.2, 0.25) is 5.02 Å². The Hall–Kier alpha value is -3.59. The van der Waals surface area contributed by atoms with E-state index in [4.69, 9.17) is 27.5 Å². The third kappa shape index (κ3) is 4.06. The van der Waals surface area contributed by atoms with Crippen molar-refractivity contribution in [1.82, 2.24) is 20.1 Å². The first kappa shape index (κ1) is 21.1. The first-order chi connectivity index (χ1) is 14.4. The van der Waals surface area contributed by atoms with Crippen LogP contribution in [0.3, 0.4) is 0 Å². The summed E-state index contributed by atoms with van der Waals surface area (Å²) in [6.07, 6.45) is 1.10. The van der Waals surface area contributed by atoms with Gasteiger partial charge in [0.25, 0.3) is 5.91 Å². The third-order valence-electron chi connectivity index (χ3n) is 4.41. The summed E-state index contributed by atoms with van der Waals surface area (Å²) in [6.45, 7) is 2.39. The molecule has 30 heavy (non-hydrogen) atoms. The number of rotatable bonds is 7. The van der Waals surface area contributed by atoms with Crippen molar-refractivity contribution in [3.8, 4) is 17.1 Å². The van der Waals surface area contributed by atoms with Gasteiger partial charge in [-0.25, -0.2) is 4.68 Å². The number of anilines is 3. The van der Waals surface area contributed by atoms with E-state index in [-0.39, 0.29) is 5.91 Å². The topological polar surface area (TPSA) is 131 Å². The quantitative estimate of drug-likeness (QED) is 0.338. The Labute approximate surface area is 178 Å². The maximum absolute atomic E-state index is 12.1. The Morgan fingerprint density at radius 2 is 2.13 bits per heavy atom. The lowest BCUT2D eigenvalue weighted by Crippen LogP contribution is -2.22. The molecule has 0 fully saturated rings. The molecule has 0 atom stereocenters. The number of aromatic nitrogens is 3. The van der Waals surface area contributed by atoms with Crippen LogP contribution >= 0.6 is 11.6 Å². The average molecular weight is 428 g/mol. The number of carbonyl (C=O) groups is 1. The second kappa shape index (κ2) is 8.83. The number of halogens is 1. The van der Waals surface area contributed by atoms with Crippen molar-refractivity contribution >= 4 is 41.0 Å². The highest BCUT2D eigenvalue weighted by Gasteiger charge is 2.17. The zero-order valence-electron chi connectivity index (χ0n) is 16.8. The number of benzene rings is 2. The minimum atomic E-state index is -0.182. The fourth-order valence-corrected chi connectivity index (χ4v) is 3.13. The number of nitrogens with two attached hydrogens (primary N) is 1. The molecule has 9 nitrogen and oxygen atoms in total. The van der Waals surface area contributed by atoms with Gasteiger partial charge < -0.3 is 26.5 Å². The van der Waals surface area contributed by atoms with Crippen molar-refractivity contribution in [2.75, 3.05) is 24.7 Å². The van der Waals surface area contributed by atoms with E-state index in [1.165, 1.54) is 7.11 Å². The van der Waals surface area contributed by atoms with Gasteiger partial charge in [-0.1, -0.05) is 11.6 Å². The Balaban J connectivity index is 1.95. The summed E-state index contributed by atoms with van der Waals surface area (Å²) in [6, 6.07) is 8.46. The normalized spacial score (nSPS) is 10.5. The maximum Gasteiger partial charge on any atom is 0.251 e. The smallest absolute Gasteiger partial charge is 0.251 e. The lowest BCUT2D eigenvalue weighted by atomic mass is 10.1. The second-order valence-corrected chi connectivity index (χ2v) is 6.73. The van der Waals surface area contributed by atoms with Crippen LogP contribution < -0.4 is 21.1 Å². The van der Waals surface area contributed by atoms with Crippen LogP contribution in [0.25, 0.3) is 11.4 Å². The number of amides is 1. The molecular formula is C20H22ClN7O2.